The SMILES string of the molecule is Cc1cnc(CNc2nccc3ccc(O)cc23)cn1. The number of fused-ring (bicyclic) bond motifs is 1. The van der Waals surface area contributed by atoms with Crippen molar-refractivity contribution < 1.29 is 5.11 Å². The van der Waals surface area contributed by atoms with Crippen LogP contribution < -0.4 is 5.32 Å². The van der Waals surface area contributed by atoms with Gasteiger partial charge in [-0.25, -0.2) is 4.98 Å². The molecule has 0 unspecified atom stereocenters. The molecule has 0 fully saturated rings. The molecular formula is C15H14N4O. The van der Waals surface area contributed by atoms with E-state index >= 15 is 0 Å². The van der Waals surface area contributed by atoms with Gasteiger partial charge < -0.3 is 10.4 Å². The minimum atomic E-state index is 0.226. The summed E-state index contributed by atoms with van der Waals surface area (Å²) in [7, 11) is 0. The molecule has 2 heterocycles. The first-order valence-electron chi connectivity index (χ1n) is 6.31. The van der Waals surface area contributed by atoms with E-state index in [9.17, 15) is 5.11 Å². The Morgan fingerprint density at radius 1 is 1.10 bits per heavy atom. The van der Waals surface area contributed by atoms with Crippen molar-refractivity contribution in [1.82, 2.24) is 15.0 Å². The molecule has 0 aliphatic carbocycles. The summed E-state index contributed by atoms with van der Waals surface area (Å²) in [5.41, 5.74) is 1.73. The molecular weight excluding hydrogens is 252 g/mol. The number of benzene rings is 1. The standard InChI is InChI=1S/C15H14N4O/c1-10-7-18-12(8-17-10)9-19-15-14-6-13(20)3-2-11(14)4-5-16-15/h2-8,20H,9H2,1H3,(H,16,19). The summed E-state index contributed by atoms with van der Waals surface area (Å²) in [4.78, 5) is 12.8. The second kappa shape index (κ2) is 5.13. The molecule has 5 nitrogen and oxygen atoms in total. The second-order valence-electron chi connectivity index (χ2n) is 4.57. The van der Waals surface area contributed by atoms with Gasteiger partial charge >= 0.3 is 0 Å². The Balaban J connectivity index is 1.87. The Hall–Kier alpha value is -2.69. The Kier molecular flexibility index (Phi) is 3.16. The molecule has 2 N–H and O–H groups in total. The first-order valence-corrected chi connectivity index (χ1v) is 6.31. The molecule has 0 saturated heterocycles. The number of aromatic hydroxyl groups is 1. The summed E-state index contributed by atoms with van der Waals surface area (Å²) < 4.78 is 0. The molecule has 0 spiro atoms. The van der Waals surface area contributed by atoms with Crippen LogP contribution in [0.15, 0.2) is 42.9 Å². The molecule has 0 atom stereocenters. The van der Waals surface area contributed by atoms with E-state index in [2.05, 4.69) is 20.3 Å². The number of aryl methyl sites for hydroxylation is 1. The third kappa shape index (κ3) is 2.51. The fourth-order valence-corrected chi connectivity index (χ4v) is 1.98. The minimum absolute atomic E-state index is 0.226. The second-order valence-corrected chi connectivity index (χ2v) is 4.57. The number of phenols is 1. The quantitative estimate of drug-likeness (QED) is 0.762. The zero-order valence-electron chi connectivity index (χ0n) is 11.0. The molecule has 0 bridgehead atoms. The molecule has 0 aliphatic rings. The highest BCUT2D eigenvalue weighted by Crippen LogP contribution is 2.25. The molecule has 3 aromatic rings. The van der Waals surface area contributed by atoms with Crippen molar-refractivity contribution in [1.29, 1.82) is 0 Å². The van der Waals surface area contributed by atoms with Crippen molar-refractivity contribution in [3.05, 3.63) is 54.2 Å². The lowest BCUT2D eigenvalue weighted by Gasteiger charge is -2.08. The average molecular weight is 266 g/mol. The van der Waals surface area contributed by atoms with Crippen molar-refractivity contribution in [2.45, 2.75) is 13.5 Å². The van der Waals surface area contributed by atoms with E-state index in [-0.39, 0.29) is 5.75 Å². The van der Waals surface area contributed by atoms with Gasteiger partial charge in [0.15, 0.2) is 0 Å². The van der Waals surface area contributed by atoms with Crippen LogP contribution in [0.1, 0.15) is 11.4 Å². The molecule has 0 saturated carbocycles. The highest BCUT2D eigenvalue weighted by atomic mass is 16.3. The van der Waals surface area contributed by atoms with Crippen molar-refractivity contribution in [2.24, 2.45) is 0 Å². The highest BCUT2D eigenvalue weighted by Gasteiger charge is 2.04. The maximum absolute atomic E-state index is 9.59. The lowest BCUT2D eigenvalue weighted by Crippen LogP contribution is -2.04. The van der Waals surface area contributed by atoms with Crippen LogP contribution >= 0.6 is 0 Å². The third-order valence-electron chi connectivity index (χ3n) is 3.02. The smallest absolute Gasteiger partial charge is 0.134 e. The molecule has 0 aliphatic heterocycles. The average Bonchev–Trinajstić information content (AvgIpc) is 2.47. The number of nitrogens with one attached hydrogen (secondary N) is 1. The van der Waals surface area contributed by atoms with Gasteiger partial charge in [-0.1, -0.05) is 6.07 Å². The molecule has 1 aromatic carbocycles. The van der Waals surface area contributed by atoms with Gasteiger partial charge in [0, 0.05) is 17.8 Å². The number of hydrogen-bond donors (Lipinski definition) is 2. The summed E-state index contributed by atoms with van der Waals surface area (Å²) in [6.07, 6.45) is 5.22. The van der Waals surface area contributed by atoms with Crippen LogP contribution in [-0.4, -0.2) is 20.1 Å². The lowest BCUT2D eigenvalue weighted by molar-refractivity contribution is 0.476. The van der Waals surface area contributed by atoms with Crippen LogP contribution in [0, 0.1) is 6.92 Å². The van der Waals surface area contributed by atoms with Crippen molar-refractivity contribution >= 4 is 16.6 Å². The Morgan fingerprint density at radius 2 is 2.00 bits per heavy atom. The largest absolute Gasteiger partial charge is 0.508 e. The van der Waals surface area contributed by atoms with Crippen LogP contribution in [0.25, 0.3) is 10.8 Å². The van der Waals surface area contributed by atoms with Gasteiger partial charge in [-0.2, -0.15) is 0 Å². The van der Waals surface area contributed by atoms with Gasteiger partial charge in [0.1, 0.15) is 11.6 Å². The van der Waals surface area contributed by atoms with Crippen LogP contribution in [-0.2, 0) is 6.54 Å². The van der Waals surface area contributed by atoms with E-state index in [0.717, 1.165) is 28.0 Å². The topological polar surface area (TPSA) is 70.9 Å². The summed E-state index contributed by atoms with van der Waals surface area (Å²) >= 11 is 0. The van der Waals surface area contributed by atoms with Crippen LogP contribution in [0.5, 0.6) is 5.75 Å². The maximum atomic E-state index is 9.59. The number of nitrogens with zero attached hydrogens (tertiary/aromatic N) is 3. The maximum Gasteiger partial charge on any atom is 0.134 e. The summed E-state index contributed by atoms with van der Waals surface area (Å²) in [6, 6.07) is 7.14. The van der Waals surface area contributed by atoms with Crippen molar-refractivity contribution in [3.8, 4) is 5.75 Å². The molecule has 3 rings (SSSR count). The van der Waals surface area contributed by atoms with E-state index in [0.29, 0.717) is 6.54 Å². The van der Waals surface area contributed by atoms with Crippen molar-refractivity contribution in [2.75, 3.05) is 5.32 Å². The number of phenolic OH excluding ortho intramolecular Hbond substituents is 1. The fraction of sp³-hybridized carbons (Fsp3) is 0.133. The number of rotatable bonds is 3. The van der Waals surface area contributed by atoms with Gasteiger partial charge in [-0.15, -0.1) is 0 Å². The predicted octanol–water partition coefficient (Wildman–Crippen LogP) is 2.65. The van der Waals surface area contributed by atoms with Crippen LogP contribution in [0.2, 0.25) is 0 Å². The summed E-state index contributed by atoms with van der Waals surface area (Å²) in [6.45, 7) is 2.44. The molecule has 100 valence electrons. The monoisotopic (exact) mass is 266 g/mol. The highest BCUT2D eigenvalue weighted by molar-refractivity contribution is 5.92. The van der Waals surface area contributed by atoms with Gasteiger partial charge in [0.2, 0.25) is 0 Å². The first-order chi connectivity index (χ1) is 9.72. The zero-order chi connectivity index (χ0) is 13.9. The van der Waals surface area contributed by atoms with E-state index < -0.39 is 0 Å². The van der Waals surface area contributed by atoms with Gasteiger partial charge in [0.25, 0.3) is 0 Å². The van der Waals surface area contributed by atoms with Crippen LogP contribution in [0.3, 0.4) is 0 Å². The van der Waals surface area contributed by atoms with Crippen molar-refractivity contribution in [3.63, 3.8) is 0 Å². The van der Waals surface area contributed by atoms with Crippen LogP contribution in [0.4, 0.5) is 5.82 Å². The van der Waals surface area contributed by atoms with E-state index in [1.54, 1.807) is 30.7 Å². The number of aromatic nitrogens is 3. The van der Waals surface area contributed by atoms with E-state index in [1.165, 1.54) is 0 Å². The molecule has 2 aromatic heterocycles. The van der Waals surface area contributed by atoms with Gasteiger partial charge in [-0.05, 0) is 30.5 Å². The van der Waals surface area contributed by atoms with Gasteiger partial charge in [0.05, 0.1) is 24.1 Å². The first kappa shape index (κ1) is 12.3. The summed E-state index contributed by atoms with van der Waals surface area (Å²) in [5.74, 6) is 0.949. The number of pyridine rings is 1. The fourth-order valence-electron chi connectivity index (χ4n) is 1.98. The Morgan fingerprint density at radius 3 is 2.80 bits per heavy atom. The third-order valence-corrected chi connectivity index (χ3v) is 3.02. The van der Waals surface area contributed by atoms with Gasteiger partial charge in [-0.3, -0.25) is 9.97 Å². The predicted molar refractivity (Wildman–Crippen MR) is 77.5 cm³/mol. The van der Waals surface area contributed by atoms with E-state index in [1.807, 2.05) is 19.1 Å². The molecule has 5 heteroatoms. The Bertz CT molecular complexity index is 740. The molecule has 0 amide bonds. The molecule has 0 radical (unpaired) electrons. The summed E-state index contributed by atoms with van der Waals surface area (Å²) in [5, 5.41) is 14.7. The lowest BCUT2D eigenvalue weighted by atomic mass is 10.1. The Labute approximate surface area is 116 Å². The molecule has 20 heavy (non-hydrogen) atoms. The number of anilines is 1. The van der Waals surface area contributed by atoms with E-state index in [4.69, 9.17) is 0 Å². The zero-order valence-corrected chi connectivity index (χ0v) is 11.0. The number of hydrogen-bond acceptors (Lipinski definition) is 5. The normalized spacial score (nSPS) is 10.7. The minimum Gasteiger partial charge on any atom is -0.508 e.